The minimum Gasteiger partial charge on any atom is -0.507 e. The summed E-state index contributed by atoms with van der Waals surface area (Å²) in [5, 5.41) is 12.1. The van der Waals surface area contributed by atoms with Gasteiger partial charge >= 0.3 is 0 Å². The molecule has 0 aliphatic rings. The molecule has 1 amide bonds. The highest BCUT2D eigenvalue weighted by molar-refractivity contribution is 6.21. The minimum atomic E-state index is -0.395. The first-order valence-electron chi connectivity index (χ1n) is 6.46. The number of ether oxygens (including phenoxy) is 1. The van der Waals surface area contributed by atoms with Gasteiger partial charge in [0.15, 0.2) is 0 Å². The van der Waals surface area contributed by atoms with Gasteiger partial charge in [0, 0.05) is 6.54 Å². The summed E-state index contributed by atoms with van der Waals surface area (Å²) in [6.45, 7) is 0.265. The Bertz CT molecular complexity index is 616. The van der Waals surface area contributed by atoms with E-state index in [0.29, 0.717) is 5.75 Å². The quantitative estimate of drug-likeness (QED) is 0.835. The lowest BCUT2D eigenvalue weighted by Gasteiger charge is -2.12. The second kappa shape index (κ2) is 6.99. The summed E-state index contributed by atoms with van der Waals surface area (Å²) < 4.78 is 5.04. The van der Waals surface area contributed by atoms with Crippen molar-refractivity contribution in [3.8, 4) is 11.5 Å². The molecule has 0 aliphatic heterocycles. The summed E-state index contributed by atoms with van der Waals surface area (Å²) in [6, 6.07) is 14.0. The molecule has 4 nitrogen and oxygen atoms in total. The van der Waals surface area contributed by atoms with Crippen LogP contribution in [0.15, 0.2) is 48.5 Å². The zero-order valence-electron chi connectivity index (χ0n) is 11.5. The van der Waals surface area contributed by atoms with Gasteiger partial charge in [0.2, 0.25) is 0 Å². The van der Waals surface area contributed by atoms with Crippen molar-refractivity contribution in [3.05, 3.63) is 59.7 Å². The second-order valence-electron chi connectivity index (χ2n) is 4.47. The molecule has 2 aromatic carbocycles. The molecule has 1 unspecified atom stereocenters. The number of phenols is 1. The van der Waals surface area contributed by atoms with Crippen LogP contribution in [-0.2, 0) is 0 Å². The van der Waals surface area contributed by atoms with Crippen LogP contribution in [0, 0.1) is 0 Å². The number of alkyl halides is 1. The molecule has 1 atom stereocenters. The molecular weight excluding hydrogens is 290 g/mol. The Morgan fingerprint density at radius 3 is 2.67 bits per heavy atom. The third kappa shape index (κ3) is 3.89. The van der Waals surface area contributed by atoms with Crippen LogP contribution in [0.2, 0.25) is 0 Å². The number of carbonyl (C=O) groups is 1. The Morgan fingerprint density at radius 2 is 2.00 bits per heavy atom. The number of hydrogen-bond donors (Lipinski definition) is 2. The van der Waals surface area contributed by atoms with Gasteiger partial charge in [-0.2, -0.15) is 0 Å². The first-order chi connectivity index (χ1) is 10.1. The van der Waals surface area contributed by atoms with Crippen LogP contribution < -0.4 is 10.1 Å². The van der Waals surface area contributed by atoms with E-state index in [1.54, 1.807) is 6.07 Å². The maximum Gasteiger partial charge on any atom is 0.255 e. The highest BCUT2D eigenvalue weighted by Gasteiger charge is 2.14. The van der Waals surface area contributed by atoms with Crippen molar-refractivity contribution in [3.63, 3.8) is 0 Å². The van der Waals surface area contributed by atoms with E-state index in [1.807, 2.05) is 30.3 Å². The number of aromatic hydroxyl groups is 1. The Balaban J connectivity index is 2.02. The van der Waals surface area contributed by atoms with Crippen molar-refractivity contribution in [2.24, 2.45) is 0 Å². The van der Waals surface area contributed by atoms with Gasteiger partial charge in [-0.05, 0) is 23.8 Å². The van der Waals surface area contributed by atoms with Gasteiger partial charge in [-0.25, -0.2) is 0 Å². The van der Waals surface area contributed by atoms with Crippen LogP contribution in [-0.4, -0.2) is 24.7 Å². The Kier molecular flexibility index (Phi) is 5.06. The predicted molar refractivity (Wildman–Crippen MR) is 82.0 cm³/mol. The average molecular weight is 306 g/mol. The summed E-state index contributed by atoms with van der Waals surface area (Å²) in [6.07, 6.45) is 0. The number of methoxy groups -OCH3 is 1. The lowest BCUT2D eigenvalue weighted by Crippen LogP contribution is -2.26. The van der Waals surface area contributed by atoms with Gasteiger partial charge in [-0.1, -0.05) is 30.3 Å². The molecule has 2 rings (SSSR count). The molecule has 110 valence electrons. The molecule has 21 heavy (non-hydrogen) atoms. The number of halogens is 1. The standard InChI is InChI=1S/C16H16ClNO3/c1-21-12-7-8-15(19)13(9-12)16(20)18-10-14(17)11-5-3-2-4-6-11/h2-9,14,19H,10H2,1H3,(H,18,20). The zero-order valence-corrected chi connectivity index (χ0v) is 12.3. The van der Waals surface area contributed by atoms with E-state index < -0.39 is 5.91 Å². The smallest absolute Gasteiger partial charge is 0.255 e. The lowest BCUT2D eigenvalue weighted by molar-refractivity contribution is 0.0950. The molecule has 5 heteroatoms. The van der Waals surface area contributed by atoms with E-state index >= 15 is 0 Å². The predicted octanol–water partition coefficient (Wildman–Crippen LogP) is 3.11. The van der Waals surface area contributed by atoms with Crippen LogP contribution in [0.1, 0.15) is 21.3 Å². The van der Waals surface area contributed by atoms with Crippen LogP contribution in [0.5, 0.6) is 11.5 Å². The molecule has 0 saturated carbocycles. The van der Waals surface area contributed by atoms with Crippen LogP contribution >= 0.6 is 11.6 Å². The van der Waals surface area contributed by atoms with Crippen molar-refractivity contribution in [2.75, 3.05) is 13.7 Å². The maximum absolute atomic E-state index is 12.1. The van der Waals surface area contributed by atoms with Crippen molar-refractivity contribution in [1.82, 2.24) is 5.32 Å². The van der Waals surface area contributed by atoms with Crippen LogP contribution in [0.25, 0.3) is 0 Å². The molecule has 0 fully saturated rings. The monoisotopic (exact) mass is 305 g/mol. The molecule has 0 heterocycles. The molecule has 0 radical (unpaired) electrons. The third-order valence-corrected chi connectivity index (χ3v) is 3.46. The van der Waals surface area contributed by atoms with Crippen LogP contribution in [0.3, 0.4) is 0 Å². The summed E-state index contributed by atoms with van der Waals surface area (Å²) in [4.78, 5) is 12.1. The van der Waals surface area contributed by atoms with E-state index in [9.17, 15) is 9.90 Å². The lowest BCUT2D eigenvalue weighted by atomic mass is 10.1. The molecule has 0 bridgehead atoms. The highest BCUT2D eigenvalue weighted by Crippen LogP contribution is 2.23. The Morgan fingerprint density at radius 1 is 1.29 bits per heavy atom. The van der Waals surface area contributed by atoms with E-state index in [0.717, 1.165) is 5.56 Å². The molecule has 2 aromatic rings. The van der Waals surface area contributed by atoms with Crippen molar-refractivity contribution in [1.29, 1.82) is 0 Å². The van der Waals surface area contributed by atoms with Crippen LogP contribution in [0.4, 0.5) is 0 Å². The number of benzene rings is 2. The average Bonchev–Trinajstić information content (AvgIpc) is 2.53. The summed E-state index contributed by atoms with van der Waals surface area (Å²) in [5.41, 5.74) is 1.08. The fourth-order valence-corrected chi connectivity index (χ4v) is 2.10. The number of amides is 1. The molecule has 2 N–H and O–H groups in total. The van der Waals surface area contributed by atoms with Crippen molar-refractivity contribution < 1.29 is 14.6 Å². The molecule has 0 saturated heterocycles. The zero-order chi connectivity index (χ0) is 15.2. The first kappa shape index (κ1) is 15.2. The van der Waals surface area contributed by atoms with Gasteiger partial charge in [-0.3, -0.25) is 4.79 Å². The normalized spacial score (nSPS) is 11.7. The van der Waals surface area contributed by atoms with Gasteiger partial charge in [0.05, 0.1) is 18.1 Å². The van der Waals surface area contributed by atoms with Gasteiger partial charge < -0.3 is 15.2 Å². The van der Waals surface area contributed by atoms with E-state index in [2.05, 4.69) is 5.32 Å². The molecular formula is C16H16ClNO3. The number of hydrogen-bond acceptors (Lipinski definition) is 3. The molecule has 0 spiro atoms. The first-order valence-corrected chi connectivity index (χ1v) is 6.89. The third-order valence-electron chi connectivity index (χ3n) is 3.05. The van der Waals surface area contributed by atoms with Gasteiger partial charge in [-0.15, -0.1) is 11.6 Å². The highest BCUT2D eigenvalue weighted by atomic mass is 35.5. The van der Waals surface area contributed by atoms with E-state index in [1.165, 1.54) is 19.2 Å². The fourth-order valence-electron chi connectivity index (χ4n) is 1.88. The SMILES string of the molecule is COc1ccc(O)c(C(=O)NCC(Cl)c2ccccc2)c1. The minimum absolute atomic E-state index is 0.0980. The van der Waals surface area contributed by atoms with Crippen molar-refractivity contribution >= 4 is 17.5 Å². The molecule has 0 aromatic heterocycles. The molecule has 0 aliphatic carbocycles. The van der Waals surface area contributed by atoms with E-state index in [4.69, 9.17) is 16.3 Å². The van der Waals surface area contributed by atoms with Gasteiger partial charge in [0.25, 0.3) is 5.91 Å². The Labute approximate surface area is 128 Å². The Hall–Kier alpha value is -2.20. The summed E-state index contributed by atoms with van der Waals surface area (Å²) >= 11 is 6.23. The van der Waals surface area contributed by atoms with Gasteiger partial charge in [0.1, 0.15) is 11.5 Å². The second-order valence-corrected chi connectivity index (χ2v) is 5.00. The fraction of sp³-hybridized carbons (Fsp3) is 0.188. The number of phenolic OH excluding ortho intramolecular Hbond substituents is 1. The van der Waals surface area contributed by atoms with Crippen molar-refractivity contribution in [2.45, 2.75) is 5.38 Å². The summed E-state index contributed by atoms with van der Waals surface area (Å²) in [7, 11) is 1.50. The summed E-state index contributed by atoms with van der Waals surface area (Å²) in [5.74, 6) is 0.00977. The van der Waals surface area contributed by atoms with E-state index in [-0.39, 0.29) is 23.2 Å². The maximum atomic E-state index is 12.1. The topological polar surface area (TPSA) is 58.6 Å². The largest absolute Gasteiger partial charge is 0.507 e. The number of rotatable bonds is 5. The number of carbonyl (C=O) groups excluding carboxylic acids is 1. The number of nitrogens with one attached hydrogen (secondary N) is 1.